The van der Waals surface area contributed by atoms with Crippen LogP contribution in [0.3, 0.4) is 0 Å². The van der Waals surface area contributed by atoms with Gasteiger partial charge in [0.05, 0.1) is 13.5 Å². The van der Waals surface area contributed by atoms with Crippen LogP contribution in [0.15, 0.2) is 30.3 Å². The highest BCUT2D eigenvalue weighted by atomic mass is 19.4. The van der Waals surface area contributed by atoms with E-state index in [1.165, 1.54) is 0 Å². The van der Waals surface area contributed by atoms with Crippen LogP contribution in [-0.4, -0.2) is 25.3 Å². The van der Waals surface area contributed by atoms with Crippen LogP contribution in [-0.2, 0) is 16.1 Å². The van der Waals surface area contributed by atoms with Gasteiger partial charge in [-0.25, -0.2) is 0 Å². The van der Waals surface area contributed by atoms with Gasteiger partial charge in [-0.1, -0.05) is 30.3 Å². The summed E-state index contributed by atoms with van der Waals surface area (Å²) in [5.41, 5.74) is 0.800. The number of methoxy groups -OCH3 is 1. The Morgan fingerprint density at radius 2 is 1.94 bits per heavy atom. The number of nitrogens with one attached hydrogen (secondary N) is 1. The fourth-order valence-electron chi connectivity index (χ4n) is 1.45. The van der Waals surface area contributed by atoms with E-state index in [0.717, 1.165) is 12.7 Å². The van der Waals surface area contributed by atoms with Crippen LogP contribution >= 0.6 is 0 Å². The van der Waals surface area contributed by atoms with Crippen molar-refractivity contribution < 1.29 is 22.7 Å². The molecule has 6 heteroatoms. The Balaban J connectivity index is 2.59. The maximum Gasteiger partial charge on any atom is 0.391 e. The van der Waals surface area contributed by atoms with E-state index in [1.807, 2.05) is 0 Å². The molecule has 0 aliphatic carbocycles. The maximum atomic E-state index is 12.3. The Hall–Kier alpha value is -1.56. The van der Waals surface area contributed by atoms with Gasteiger partial charge in [-0.15, -0.1) is 0 Å². The first kappa shape index (κ1) is 14.5. The largest absolute Gasteiger partial charge is 0.468 e. The zero-order chi connectivity index (χ0) is 13.6. The fraction of sp³-hybridized carbons (Fsp3) is 0.417. The summed E-state index contributed by atoms with van der Waals surface area (Å²) in [4.78, 5) is 11.2. The Morgan fingerprint density at radius 1 is 1.33 bits per heavy atom. The molecule has 0 aromatic heterocycles. The molecule has 1 rings (SSSR count). The molecule has 100 valence electrons. The Kier molecular flexibility index (Phi) is 5.15. The molecule has 0 aliphatic heterocycles. The third kappa shape index (κ3) is 5.18. The number of esters is 1. The van der Waals surface area contributed by atoms with Crippen LogP contribution in [0.1, 0.15) is 12.0 Å². The predicted molar refractivity (Wildman–Crippen MR) is 59.8 cm³/mol. The Bertz CT molecular complexity index is 379. The van der Waals surface area contributed by atoms with E-state index < -0.39 is 24.6 Å². The highest BCUT2D eigenvalue weighted by Crippen LogP contribution is 2.22. The van der Waals surface area contributed by atoms with E-state index in [-0.39, 0.29) is 6.54 Å². The second-order valence-corrected chi connectivity index (χ2v) is 3.76. The van der Waals surface area contributed by atoms with Crippen molar-refractivity contribution in [3.63, 3.8) is 0 Å². The number of ether oxygens (including phenoxy) is 1. The smallest absolute Gasteiger partial charge is 0.391 e. The van der Waals surface area contributed by atoms with Gasteiger partial charge in [0.1, 0.15) is 6.04 Å². The van der Waals surface area contributed by atoms with Crippen molar-refractivity contribution in [1.29, 1.82) is 0 Å². The summed E-state index contributed by atoms with van der Waals surface area (Å²) in [5.74, 6) is -0.914. The molecule has 0 heterocycles. The molecule has 1 N–H and O–H groups in total. The lowest BCUT2D eigenvalue weighted by atomic mass is 10.1. The lowest BCUT2D eigenvalue weighted by Gasteiger charge is -2.18. The number of rotatable bonds is 5. The molecule has 0 saturated carbocycles. The molecule has 0 fully saturated rings. The van der Waals surface area contributed by atoms with Gasteiger partial charge in [0.15, 0.2) is 0 Å². The van der Waals surface area contributed by atoms with E-state index in [0.29, 0.717) is 0 Å². The zero-order valence-electron chi connectivity index (χ0n) is 9.83. The van der Waals surface area contributed by atoms with Gasteiger partial charge in [-0.2, -0.15) is 13.2 Å². The van der Waals surface area contributed by atoms with E-state index >= 15 is 0 Å². The Morgan fingerprint density at radius 3 is 2.44 bits per heavy atom. The van der Waals surface area contributed by atoms with Crippen molar-refractivity contribution in [2.24, 2.45) is 0 Å². The number of halogens is 3. The average molecular weight is 261 g/mol. The van der Waals surface area contributed by atoms with Gasteiger partial charge in [-0.05, 0) is 5.56 Å². The summed E-state index contributed by atoms with van der Waals surface area (Å²) in [6, 6.07) is 7.48. The third-order valence-corrected chi connectivity index (χ3v) is 2.32. The summed E-state index contributed by atoms with van der Waals surface area (Å²) in [7, 11) is 1.07. The maximum absolute atomic E-state index is 12.3. The molecule has 1 aromatic rings. The van der Waals surface area contributed by atoms with Crippen LogP contribution in [0.2, 0.25) is 0 Å². The summed E-state index contributed by atoms with van der Waals surface area (Å²) in [6.07, 6.45) is -5.66. The minimum Gasteiger partial charge on any atom is -0.468 e. The van der Waals surface area contributed by atoms with Crippen molar-refractivity contribution in [1.82, 2.24) is 5.32 Å². The summed E-state index contributed by atoms with van der Waals surface area (Å²) >= 11 is 0. The summed E-state index contributed by atoms with van der Waals surface area (Å²) < 4.78 is 41.2. The minimum absolute atomic E-state index is 0.177. The number of hydrogen-bond acceptors (Lipinski definition) is 3. The second kappa shape index (κ2) is 6.39. The molecular formula is C12H14F3NO2. The normalized spacial score (nSPS) is 13.1. The number of alkyl halides is 3. The minimum atomic E-state index is -4.41. The van der Waals surface area contributed by atoms with Gasteiger partial charge < -0.3 is 10.1 Å². The number of carbonyl (C=O) groups excluding carboxylic acids is 1. The van der Waals surface area contributed by atoms with Gasteiger partial charge in [0, 0.05) is 6.54 Å². The van der Waals surface area contributed by atoms with Crippen molar-refractivity contribution in [2.75, 3.05) is 7.11 Å². The first-order valence-corrected chi connectivity index (χ1v) is 5.34. The predicted octanol–water partition coefficient (Wildman–Crippen LogP) is 2.27. The van der Waals surface area contributed by atoms with Gasteiger partial charge in [0.25, 0.3) is 0 Å². The molecule has 1 aromatic carbocycles. The van der Waals surface area contributed by atoms with Gasteiger partial charge in [0.2, 0.25) is 0 Å². The molecule has 0 unspecified atom stereocenters. The SMILES string of the molecule is COC(=O)[C@@H](CC(F)(F)F)NCc1ccccc1. The lowest BCUT2D eigenvalue weighted by Crippen LogP contribution is -2.40. The van der Waals surface area contributed by atoms with E-state index in [2.05, 4.69) is 10.1 Å². The third-order valence-electron chi connectivity index (χ3n) is 2.32. The molecule has 18 heavy (non-hydrogen) atoms. The number of carbonyl (C=O) groups is 1. The molecule has 0 spiro atoms. The molecule has 1 atom stereocenters. The summed E-state index contributed by atoms with van der Waals surface area (Å²) in [6.45, 7) is 0.177. The van der Waals surface area contributed by atoms with Crippen molar-refractivity contribution >= 4 is 5.97 Å². The highest BCUT2D eigenvalue weighted by molar-refractivity contribution is 5.75. The molecule has 0 aliphatic rings. The van der Waals surface area contributed by atoms with Crippen molar-refractivity contribution in [3.05, 3.63) is 35.9 Å². The van der Waals surface area contributed by atoms with Gasteiger partial charge >= 0.3 is 12.1 Å². The van der Waals surface area contributed by atoms with Crippen LogP contribution in [0, 0.1) is 0 Å². The zero-order valence-corrected chi connectivity index (χ0v) is 9.83. The van der Waals surface area contributed by atoms with E-state index in [9.17, 15) is 18.0 Å². The molecular weight excluding hydrogens is 247 g/mol. The number of hydrogen-bond donors (Lipinski definition) is 1. The molecule has 3 nitrogen and oxygen atoms in total. The van der Waals surface area contributed by atoms with E-state index in [4.69, 9.17) is 0 Å². The van der Waals surface area contributed by atoms with Gasteiger partial charge in [-0.3, -0.25) is 4.79 Å². The van der Waals surface area contributed by atoms with E-state index in [1.54, 1.807) is 30.3 Å². The number of benzene rings is 1. The molecule has 0 saturated heterocycles. The van der Waals surface area contributed by atoms with Crippen molar-refractivity contribution in [2.45, 2.75) is 25.2 Å². The van der Waals surface area contributed by atoms with Crippen molar-refractivity contribution in [3.8, 4) is 0 Å². The Labute approximate surface area is 103 Å². The second-order valence-electron chi connectivity index (χ2n) is 3.76. The van der Waals surface area contributed by atoms with Crippen LogP contribution in [0.4, 0.5) is 13.2 Å². The van der Waals surface area contributed by atoms with Crippen LogP contribution in [0.25, 0.3) is 0 Å². The topological polar surface area (TPSA) is 38.3 Å². The molecule has 0 amide bonds. The summed E-state index contributed by atoms with van der Waals surface area (Å²) in [5, 5.41) is 2.55. The monoisotopic (exact) mass is 261 g/mol. The standard InChI is InChI=1S/C12H14F3NO2/c1-18-11(17)10(7-12(13,14)15)16-8-9-5-3-2-4-6-9/h2-6,10,16H,7-8H2,1H3/t10-/m1/s1. The molecule has 0 radical (unpaired) electrons. The first-order chi connectivity index (χ1) is 8.42. The highest BCUT2D eigenvalue weighted by Gasteiger charge is 2.35. The fourth-order valence-corrected chi connectivity index (χ4v) is 1.45. The van der Waals surface area contributed by atoms with Crippen LogP contribution < -0.4 is 5.32 Å². The quantitative estimate of drug-likeness (QED) is 0.826. The lowest BCUT2D eigenvalue weighted by molar-refractivity contribution is -0.160. The average Bonchev–Trinajstić information content (AvgIpc) is 2.33. The first-order valence-electron chi connectivity index (χ1n) is 5.34. The molecule has 0 bridgehead atoms. The van der Waals surface area contributed by atoms with Crippen LogP contribution in [0.5, 0.6) is 0 Å².